The van der Waals surface area contributed by atoms with Gasteiger partial charge in [-0.2, -0.15) is 52.7 Å². The van der Waals surface area contributed by atoms with Gasteiger partial charge in [-0.1, -0.05) is 48.5 Å². The molecular weight excluding hydrogens is 804 g/mol. The second-order valence-electron chi connectivity index (χ2n) is 13.9. The number of fused-ring (bicyclic) bond motifs is 3. The molecule has 4 N–H and O–H groups in total. The SMILES string of the molecule is Cc1cc(N)ccc1Oc1c(C(F)(F)F)cc(C2(c3cc(C(F)(F)F)c(Oc4ccc(N)cc4C)c(C(F)(F)F)c3)c3ccccc3-c3ccccc32)cc1C(F)(F)F. The first kappa shape index (κ1) is 40.9. The Bertz CT molecular complexity index is 2370. The van der Waals surface area contributed by atoms with Gasteiger partial charge in [0.25, 0.3) is 0 Å². The van der Waals surface area contributed by atoms with Gasteiger partial charge in [0.2, 0.25) is 0 Å². The molecule has 7 rings (SSSR count). The quantitative estimate of drug-likeness (QED) is 0.129. The standard InChI is InChI=1S/C43H28F12N2O2/c1-21-15-25(56)11-13-35(21)58-37-31(40(44,45)46)17-23(18-32(37)41(47,48)49)39(29-9-5-3-7-27(29)28-8-4-6-10-30(28)39)24-19-33(42(50,51)52)38(34(20-24)43(53,54)55)59-36-14-12-26(57)16-22(36)2/h3-20H,56-57H2,1-2H3. The van der Waals surface area contributed by atoms with Gasteiger partial charge in [-0.15, -0.1) is 0 Å². The monoisotopic (exact) mass is 832 g/mol. The predicted molar refractivity (Wildman–Crippen MR) is 195 cm³/mol. The maximum absolute atomic E-state index is 15.2. The molecule has 59 heavy (non-hydrogen) atoms. The molecule has 1 aliphatic rings. The number of ether oxygens (including phenoxy) is 2. The number of halogens is 12. The second kappa shape index (κ2) is 13.9. The van der Waals surface area contributed by atoms with Gasteiger partial charge in [0.1, 0.15) is 11.5 Å². The molecule has 6 aromatic carbocycles. The van der Waals surface area contributed by atoms with E-state index in [1.807, 2.05) is 0 Å². The van der Waals surface area contributed by atoms with Gasteiger partial charge in [-0.3, -0.25) is 0 Å². The van der Waals surface area contributed by atoms with E-state index in [1.54, 1.807) is 0 Å². The number of hydrogen-bond donors (Lipinski definition) is 2. The van der Waals surface area contributed by atoms with Crippen LogP contribution in [0.25, 0.3) is 11.1 Å². The van der Waals surface area contributed by atoms with Crippen LogP contribution in [0, 0.1) is 13.8 Å². The average molecular weight is 833 g/mol. The highest BCUT2D eigenvalue weighted by atomic mass is 19.4. The molecule has 0 atom stereocenters. The molecule has 0 saturated heterocycles. The maximum Gasteiger partial charge on any atom is 0.420 e. The maximum atomic E-state index is 15.2. The summed E-state index contributed by atoms with van der Waals surface area (Å²) in [4.78, 5) is 0. The van der Waals surface area contributed by atoms with Crippen molar-refractivity contribution in [1.82, 2.24) is 0 Å². The molecule has 0 bridgehead atoms. The largest absolute Gasteiger partial charge is 0.456 e. The Labute approximate surface area is 327 Å². The minimum atomic E-state index is -5.63. The minimum absolute atomic E-state index is 0.0567. The molecule has 0 heterocycles. The van der Waals surface area contributed by atoms with Crippen LogP contribution >= 0.6 is 0 Å². The third-order valence-electron chi connectivity index (χ3n) is 10.0. The Morgan fingerprint density at radius 3 is 1.02 bits per heavy atom. The van der Waals surface area contributed by atoms with Crippen LogP contribution in [-0.4, -0.2) is 0 Å². The van der Waals surface area contributed by atoms with Crippen LogP contribution in [0.1, 0.15) is 55.6 Å². The van der Waals surface area contributed by atoms with Crippen molar-refractivity contribution in [2.45, 2.75) is 44.0 Å². The molecule has 0 aliphatic heterocycles. The van der Waals surface area contributed by atoms with Crippen molar-refractivity contribution >= 4 is 11.4 Å². The first-order valence-electron chi connectivity index (χ1n) is 17.4. The number of nitrogen functional groups attached to an aromatic ring is 2. The van der Waals surface area contributed by atoms with Gasteiger partial charge in [-0.25, -0.2) is 0 Å². The van der Waals surface area contributed by atoms with Crippen molar-refractivity contribution < 1.29 is 62.2 Å². The van der Waals surface area contributed by atoms with Crippen LogP contribution in [0.15, 0.2) is 109 Å². The zero-order valence-corrected chi connectivity index (χ0v) is 30.4. The van der Waals surface area contributed by atoms with Crippen LogP contribution in [-0.2, 0) is 30.1 Å². The van der Waals surface area contributed by atoms with E-state index in [0.29, 0.717) is 0 Å². The van der Waals surface area contributed by atoms with E-state index in [0.717, 1.165) is 12.1 Å². The first-order valence-corrected chi connectivity index (χ1v) is 17.4. The fraction of sp³-hybridized carbons (Fsp3) is 0.163. The number of anilines is 2. The van der Waals surface area contributed by atoms with Crippen molar-refractivity contribution in [3.63, 3.8) is 0 Å². The number of aryl methyl sites for hydroxylation is 2. The zero-order valence-electron chi connectivity index (χ0n) is 30.4. The van der Waals surface area contributed by atoms with E-state index < -0.39 is 86.5 Å². The molecule has 0 saturated carbocycles. The smallest absolute Gasteiger partial charge is 0.420 e. The lowest BCUT2D eigenvalue weighted by atomic mass is 9.66. The highest BCUT2D eigenvalue weighted by molar-refractivity contribution is 5.87. The highest BCUT2D eigenvalue weighted by Gasteiger charge is 2.53. The van der Waals surface area contributed by atoms with Crippen molar-refractivity contribution in [1.29, 1.82) is 0 Å². The Morgan fingerprint density at radius 1 is 0.424 bits per heavy atom. The molecule has 0 fully saturated rings. The van der Waals surface area contributed by atoms with Crippen molar-refractivity contribution in [2.24, 2.45) is 0 Å². The van der Waals surface area contributed by atoms with Crippen molar-refractivity contribution in [3.8, 4) is 34.1 Å². The summed E-state index contributed by atoms with van der Waals surface area (Å²) in [6.45, 7) is 2.64. The van der Waals surface area contributed by atoms with E-state index in [1.165, 1.54) is 86.6 Å². The molecule has 6 aromatic rings. The van der Waals surface area contributed by atoms with Gasteiger partial charge in [0, 0.05) is 11.4 Å². The van der Waals surface area contributed by atoms with Crippen molar-refractivity contribution in [3.05, 3.63) is 165 Å². The number of benzene rings is 6. The lowest BCUT2D eigenvalue weighted by Gasteiger charge is -2.36. The lowest BCUT2D eigenvalue weighted by molar-refractivity contribution is -0.146. The first-order chi connectivity index (χ1) is 27.4. The molecule has 0 unspecified atom stereocenters. The van der Waals surface area contributed by atoms with Gasteiger partial charge in [-0.05, 0) is 119 Å². The van der Waals surface area contributed by atoms with Crippen LogP contribution in [0.5, 0.6) is 23.0 Å². The third-order valence-corrected chi connectivity index (χ3v) is 10.0. The van der Waals surface area contributed by atoms with Gasteiger partial charge in [0.15, 0.2) is 11.5 Å². The second-order valence-corrected chi connectivity index (χ2v) is 13.9. The fourth-order valence-electron chi connectivity index (χ4n) is 7.57. The highest BCUT2D eigenvalue weighted by Crippen LogP contribution is 2.60. The predicted octanol–water partition coefficient (Wildman–Crippen LogP) is 13.5. The molecule has 0 aromatic heterocycles. The van der Waals surface area contributed by atoms with Crippen LogP contribution in [0.4, 0.5) is 64.1 Å². The van der Waals surface area contributed by atoms with Crippen LogP contribution < -0.4 is 20.9 Å². The molecular formula is C43H28F12N2O2. The zero-order chi connectivity index (χ0) is 43.0. The van der Waals surface area contributed by atoms with Gasteiger partial charge >= 0.3 is 24.7 Å². The number of nitrogens with two attached hydrogens (primary N) is 2. The Hall–Kier alpha value is -6.32. The number of alkyl halides is 12. The lowest BCUT2D eigenvalue weighted by Crippen LogP contribution is -2.31. The summed E-state index contributed by atoms with van der Waals surface area (Å²) in [5, 5.41) is 0. The fourth-order valence-corrected chi connectivity index (χ4v) is 7.57. The molecule has 0 spiro atoms. The normalized spacial score (nSPS) is 13.9. The Balaban J connectivity index is 1.65. The summed E-state index contributed by atoms with van der Waals surface area (Å²) >= 11 is 0. The molecule has 4 nitrogen and oxygen atoms in total. The molecule has 0 amide bonds. The van der Waals surface area contributed by atoms with E-state index in [-0.39, 0.29) is 69.0 Å². The van der Waals surface area contributed by atoms with Gasteiger partial charge in [0.05, 0.1) is 27.7 Å². The number of hydrogen-bond acceptors (Lipinski definition) is 4. The van der Waals surface area contributed by atoms with Gasteiger partial charge < -0.3 is 20.9 Å². The third kappa shape index (κ3) is 7.14. The van der Waals surface area contributed by atoms with E-state index in [9.17, 15) is 0 Å². The molecule has 306 valence electrons. The van der Waals surface area contributed by atoms with E-state index in [4.69, 9.17) is 20.9 Å². The average Bonchev–Trinajstić information content (AvgIpc) is 3.43. The van der Waals surface area contributed by atoms with Crippen LogP contribution in [0.3, 0.4) is 0 Å². The summed E-state index contributed by atoms with van der Waals surface area (Å²) in [5.41, 5.74) is -0.978. The molecule has 0 radical (unpaired) electrons. The topological polar surface area (TPSA) is 70.5 Å². The summed E-state index contributed by atoms with van der Waals surface area (Å²) in [5.74, 6) is -4.28. The minimum Gasteiger partial charge on any atom is -0.456 e. The summed E-state index contributed by atoms with van der Waals surface area (Å²) in [7, 11) is 0. The number of rotatable bonds is 6. The van der Waals surface area contributed by atoms with Crippen molar-refractivity contribution in [2.75, 3.05) is 11.5 Å². The van der Waals surface area contributed by atoms with E-state index in [2.05, 4.69) is 0 Å². The Kier molecular flexibility index (Phi) is 9.63. The Morgan fingerprint density at radius 2 is 0.729 bits per heavy atom. The summed E-state index contributed by atoms with van der Waals surface area (Å²) in [6, 6.07) is 18.8. The molecule has 1 aliphatic carbocycles. The van der Waals surface area contributed by atoms with E-state index >= 15 is 52.7 Å². The molecule has 16 heteroatoms. The summed E-state index contributed by atoms with van der Waals surface area (Å²) < 4.78 is 194. The van der Waals surface area contributed by atoms with Crippen LogP contribution in [0.2, 0.25) is 0 Å². The summed E-state index contributed by atoms with van der Waals surface area (Å²) in [6.07, 6.45) is -22.5.